The van der Waals surface area contributed by atoms with Gasteiger partial charge in [0.1, 0.15) is 0 Å². The van der Waals surface area contributed by atoms with Gasteiger partial charge in [-0.1, -0.05) is 59.1 Å². The van der Waals surface area contributed by atoms with Gasteiger partial charge in [-0.05, 0) is 44.0 Å². The fraction of sp³-hybridized carbons (Fsp3) is 0.381. The minimum atomic E-state index is 0.00909. The normalized spacial score (nSPS) is 17.9. The summed E-state index contributed by atoms with van der Waals surface area (Å²) < 4.78 is 0. The molecule has 1 atom stereocenters. The Balaban J connectivity index is 1.56. The zero-order valence-corrected chi connectivity index (χ0v) is 16.5. The summed E-state index contributed by atoms with van der Waals surface area (Å²) >= 11 is 12.6. The minimum Gasteiger partial charge on any atom is -0.352 e. The molecule has 0 bridgehead atoms. The van der Waals surface area contributed by atoms with Crippen molar-refractivity contribution in [3.05, 3.63) is 69.2 Å². The second kappa shape index (κ2) is 8.90. The summed E-state index contributed by atoms with van der Waals surface area (Å²) in [6.07, 6.45) is 1.93. The van der Waals surface area contributed by atoms with Crippen LogP contribution in [0.25, 0.3) is 0 Å². The van der Waals surface area contributed by atoms with E-state index in [0.29, 0.717) is 23.1 Å². The largest absolute Gasteiger partial charge is 0.352 e. The van der Waals surface area contributed by atoms with Gasteiger partial charge in [0.2, 0.25) is 5.91 Å². The van der Waals surface area contributed by atoms with Crippen LogP contribution in [0.15, 0.2) is 42.5 Å². The second-order valence-corrected chi connectivity index (χ2v) is 7.80. The van der Waals surface area contributed by atoms with Gasteiger partial charge in [0.15, 0.2) is 0 Å². The predicted octanol–water partition coefficient (Wildman–Crippen LogP) is 4.83. The molecule has 1 saturated heterocycles. The Morgan fingerprint density at radius 1 is 1.19 bits per heavy atom. The number of nitrogens with one attached hydrogen (secondary N) is 1. The minimum absolute atomic E-state index is 0.00909. The van der Waals surface area contributed by atoms with Crippen molar-refractivity contribution in [3.63, 3.8) is 0 Å². The SMILES string of the molecule is Cc1cccc(CNC(=O)C2CCCN(Cc3c(Cl)cccc3Cl)C2)c1. The Morgan fingerprint density at radius 2 is 1.92 bits per heavy atom. The van der Waals surface area contributed by atoms with Crippen molar-refractivity contribution in [2.24, 2.45) is 5.92 Å². The summed E-state index contributed by atoms with van der Waals surface area (Å²) in [5.74, 6) is 0.135. The van der Waals surface area contributed by atoms with Crippen LogP contribution in [0, 0.1) is 12.8 Å². The van der Waals surface area contributed by atoms with E-state index in [0.717, 1.165) is 37.1 Å². The molecule has 1 unspecified atom stereocenters. The molecule has 1 aliphatic rings. The lowest BCUT2D eigenvalue weighted by atomic mass is 9.96. The molecule has 0 aliphatic carbocycles. The van der Waals surface area contributed by atoms with E-state index in [-0.39, 0.29) is 11.8 Å². The number of carbonyl (C=O) groups excluding carboxylic acids is 1. The molecule has 2 aromatic rings. The summed E-state index contributed by atoms with van der Waals surface area (Å²) in [7, 11) is 0. The van der Waals surface area contributed by atoms with Gasteiger partial charge in [0.05, 0.1) is 5.92 Å². The van der Waals surface area contributed by atoms with Crippen molar-refractivity contribution >= 4 is 29.1 Å². The highest BCUT2D eigenvalue weighted by molar-refractivity contribution is 6.35. The van der Waals surface area contributed by atoms with Crippen LogP contribution < -0.4 is 5.32 Å². The number of amides is 1. The molecule has 1 amide bonds. The van der Waals surface area contributed by atoms with E-state index in [2.05, 4.69) is 29.3 Å². The summed E-state index contributed by atoms with van der Waals surface area (Å²) in [4.78, 5) is 14.9. The zero-order chi connectivity index (χ0) is 18.5. The predicted molar refractivity (Wildman–Crippen MR) is 107 cm³/mol. The first-order chi connectivity index (χ1) is 12.5. The number of hydrogen-bond donors (Lipinski definition) is 1. The molecule has 26 heavy (non-hydrogen) atoms. The van der Waals surface area contributed by atoms with Gasteiger partial charge in [-0.25, -0.2) is 0 Å². The highest BCUT2D eigenvalue weighted by Crippen LogP contribution is 2.27. The van der Waals surface area contributed by atoms with Gasteiger partial charge in [-0.3, -0.25) is 9.69 Å². The summed E-state index contributed by atoms with van der Waals surface area (Å²) in [5.41, 5.74) is 3.28. The first kappa shape index (κ1) is 19.2. The number of carbonyl (C=O) groups is 1. The third-order valence-electron chi connectivity index (χ3n) is 4.87. The molecule has 0 aromatic heterocycles. The Kier molecular flexibility index (Phi) is 6.58. The quantitative estimate of drug-likeness (QED) is 0.792. The van der Waals surface area contributed by atoms with E-state index in [4.69, 9.17) is 23.2 Å². The topological polar surface area (TPSA) is 32.3 Å². The molecule has 1 heterocycles. The van der Waals surface area contributed by atoms with Gasteiger partial charge in [0.25, 0.3) is 0 Å². The molecule has 1 fully saturated rings. The lowest BCUT2D eigenvalue weighted by Crippen LogP contribution is -2.42. The number of likely N-dealkylation sites (tertiary alicyclic amines) is 1. The lowest BCUT2D eigenvalue weighted by Gasteiger charge is -2.32. The second-order valence-electron chi connectivity index (χ2n) is 6.98. The van der Waals surface area contributed by atoms with Crippen LogP contribution >= 0.6 is 23.2 Å². The van der Waals surface area contributed by atoms with E-state index in [1.54, 1.807) is 0 Å². The van der Waals surface area contributed by atoms with Gasteiger partial charge in [0, 0.05) is 35.2 Å². The number of nitrogens with zero attached hydrogens (tertiary/aromatic N) is 1. The van der Waals surface area contributed by atoms with Crippen molar-refractivity contribution in [1.29, 1.82) is 0 Å². The number of piperidine rings is 1. The number of benzene rings is 2. The first-order valence-electron chi connectivity index (χ1n) is 9.01. The Labute approximate surface area is 165 Å². The van der Waals surface area contributed by atoms with Crippen LogP contribution in [0.4, 0.5) is 0 Å². The van der Waals surface area contributed by atoms with E-state index in [1.165, 1.54) is 5.56 Å². The van der Waals surface area contributed by atoms with Crippen LogP contribution in [0.3, 0.4) is 0 Å². The lowest BCUT2D eigenvalue weighted by molar-refractivity contribution is -0.126. The van der Waals surface area contributed by atoms with Crippen LogP contribution in [0.1, 0.15) is 29.5 Å². The third kappa shape index (κ3) is 5.00. The van der Waals surface area contributed by atoms with Crippen LogP contribution in [0.5, 0.6) is 0 Å². The fourth-order valence-electron chi connectivity index (χ4n) is 3.48. The van der Waals surface area contributed by atoms with E-state index < -0.39 is 0 Å². The average molecular weight is 391 g/mol. The molecule has 138 valence electrons. The van der Waals surface area contributed by atoms with Crippen molar-refractivity contribution in [2.75, 3.05) is 13.1 Å². The highest BCUT2D eigenvalue weighted by Gasteiger charge is 2.26. The number of rotatable bonds is 5. The molecule has 0 saturated carbocycles. The maximum absolute atomic E-state index is 12.6. The Morgan fingerprint density at radius 3 is 2.65 bits per heavy atom. The number of hydrogen-bond acceptors (Lipinski definition) is 2. The van der Waals surface area contributed by atoms with Gasteiger partial charge >= 0.3 is 0 Å². The smallest absolute Gasteiger partial charge is 0.224 e. The standard InChI is InChI=1S/C21H24Cl2N2O/c1-15-5-2-6-16(11-15)12-24-21(26)17-7-4-10-25(13-17)14-18-19(22)8-3-9-20(18)23/h2-3,5-6,8-9,11,17H,4,7,10,12-14H2,1H3,(H,24,26). The monoisotopic (exact) mass is 390 g/mol. The van der Waals surface area contributed by atoms with E-state index in [1.807, 2.05) is 30.3 Å². The van der Waals surface area contributed by atoms with Crippen molar-refractivity contribution < 1.29 is 4.79 Å². The maximum atomic E-state index is 12.6. The molecular weight excluding hydrogens is 367 g/mol. The van der Waals surface area contributed by atoms with E-state index >= 15 is 0 Å². The Hall–Kier alpha value is -1.55. The van der Waals surface area contributed by atoms with Crippen LogP contribution in [0.2, 0.25) is 10.0 Å². The third-order valence-corrected chi connectivity index (χ3v) is 5.58. The molecular formula is C21H24Cl2N2O. The van der Waals surface area contributed by atoms with Gasteiger partial charge < -0.3 is 5.32 Å². The van der Waals surface area contributed by atoms with Crippen LogP contribution in [-0.4, -0.2) is 23.9 Å². The van der Waals surface area contributed by atoms with Crippen LogP contribution in [-0.2, 0) is 17.9 Å². The summed E-state index contributed by atoms with van der Waals surface area (Å²) in [5, 5.41) is 4.45. The first-order valence-corrected chi connectivity index (χ1v) is 9.77. The molecule has 5 heteroatoms. The van der Waals surface area contributed by atoms with E-state index in [9.17, 15) is 4.79 Å². The fourth-order valence-corrected chi connectivity index (χ4v) is 3.99. The molecule has 3 rings (SSSR count). The molecule has 3 nitrogen and oxygen atoms in total. The summed E-state index contributed by atoms with van der Waals surface area (Å²) in [6, 6.07) is 13.8. The molecule has 0 radical (unpaired) electrons. The zero-order valence-electron chi connectivity index (χ0n) is 15.0. The molecule has 1 N–H and O–H groups in total. The number of halogens is 2. The molecule has 1 aliphatic heterocycles. The van der Waals surface area contributed by atoms with Crippen molar-refractivity contribution in [2.45, 2.75) is 32.9 Å². The molecule has 2 aromatic carbocycles. The van der Waals surface area contributed by atoms with Gasteiger partial charge in [-0.2, -0.15) is 0 Å². The van der Waals surface area contributed by atoms with Crippen molar-refractivity contribution in [3.8, 4) is 0 Å². The number of aryl methyl sites for hydroxylation is 1. The van der Waals surface area contributed by atoms with Gasteiger partial charge in [-0.15, -0.1) is 0 Å². The Bertz CT molecular complexity index is 758. The highest BCUT2D eigenvalue weighted by atomic mass is 35.5. The summed E-state index contributed by atoms with van der Waals surface area (Å²) in [6.45, 7) is 5.02. The van der Waals surface area contributed by atoms with Crippen molar-refractivity contribution in [1.82, 2.24) is 10.2 Å². The molecule has 0 spiro atoms. The average Bonchev–Trinajstić information content (AvgIpc) is 2.63. The maximum Gasteiger partial charge on any atom is 0.224 e.